The lowest BCUT2D eigenvalue weighted by Gasteiger charge is -2.31. The van der Waals surface area contributed by atoms with Crippen LogP contribution < -0.4 is 15.4 Å². The van der Waals surface area contributed by atoms with E-state index in [0.29, 0.717) is 31.5 Å². The predicted molar refractivity (Wildman–Crippen MR) is 166 cm³/mol. The molecule has 1 saturated carbocycles. The number of alkyl carbamates (subject to hydrolysis) is 1. The third-order valence-corrected chi connectivity index (χ3v) is 8.79. The minimum absolute atomic E-state index is 0.0748. The van der Waals surface area contributed by atoms with Crippen molar-refractivity contribution in [2.75, 3.05) is 18.5 Å². The van der Waals surface area contributed by atoms with Gasteiger partial charge in [-0.05, 0) is 77.1 Å². The molecule has 0 spiro atoms. The summed E-state index contributed by atoms with van der Waals surface area (Å²) < 4.78 is 19.2. The van der Waals surface area contributed by atoms with Crippen molar-refractivity contribution in [1.29, 1.82) is 0 Å². The summed E-state index contributed by atoms with van der Waals surface area (Å²) in [6.07, 6.45) is 4.49. The zero-order valence-electron chi connectivity index (χ0n) is 26.3. The van der Waals surface area contributed by atoms with Gasteiger partial charge in [0.2, 0.25) is 11.8 Å². The summed E-state index contributed by atoms with van der Waals surface area (Å²) >= 11 is 0. The number of rotatable bonds is 12. The zero-order chi connectivity index (χ0) is 30.2. The van der Waals surface area contributed by atoms with E-state index in [2.05, 4.69) is 30.3 Å². The molecule has 0 unspecified atom stereocenters. The molecular weight excluding hydrogens is 536 g/mol. The highest BCUT2D eigenvalue weighted by Crippen LogP contribution is 2.34. The lowest BCUT2D eigenvalue weighted by molar-refractivity contribution is -0.119. The fraction of sp³-hybridized carbons (Fsp3) is 0.645. The first kappa shape index (κ1) is 32.7. The zero-order valence-corrected chi connectivity index (χ0v) is 27.3. The molecule has 0 radical (unpaired) electrons. The fourth-order valence-electron chi connectivity index (χ4n) is 5.03. The van der Waals surface area contributed by atoms with E-state index in [1.807, 2.05) is 58.9 Å². The van der Waals surface area contributed by atoms with E-state index in [9.17, 15) is 9.59 Å². The molecule has 2 aromatic rings. The Balaban J connectivity index is 1.74. The number of carbonyl (C=O) groups is 2. The topological polar surface area (TPSA) is 104 Å². The molecule has 3 rings (SSSR count). The Hall–Kier alpha value is -2.85. The average Bonchev–Trinajstić information content (AvgIpc) is 3.19. The summed E-state index contributed by atoms with van der Waals surface area (Å²) in [7, 11) is -1.18. The summed E-state index contributed by atoms with van der Waals surface area (Å²) in [5, 5.41) is 10.6. The highest BCUT2D eigenvalue weighted by Gasteiger charge is 2.32. The van der Waals surface area contributed by atoms with Gasteiger partial charge in [0.1, 0.15) is 18.4 Å². The van der Waals surface area contributed by atoms with E-state index in [4.69, 9.17) is 19.3 Å². The maximum atomic E-state index is 13.4. The largest absolute Gasteiger partial charge is 0.478 e. The molecular formula is C31H50N4O5Si. The van der Waals surface area contributed by atoms with Gasteiger partial charge in [-0.2, -0.15) is 5.10 Å². The van der Waals surface area contributed by atoms with Crippen LogP contribution in [-0.4, -0.2) is 54.7 Å². The van der Waals surface area contributed by atoms with Gasteiger partial charge >= 0.3 is 6.09 Å². The van der Waals surface area contributed by atoms with Crippen molar-refractivity contribution >= 4 is 25.8 Å². The average molecular weight is 587 g/mol. The van der Waals surface area contributed by atoms with Crippen molar-refractivity contribution in [1.82, 2.24) is 15.1 Å². The quantitative estimate of drug-likeness (QED) is 0.205. The number of benzene rings is 1. The third-order valence-electron chi connectivity index (χ3n) is 7.09. The molecule has 9 nitrogen and oxygen atoms in total. The maximum absolute atomic E-state index is 13.4. The van der Waals surface area contributed by atoms with Crippen LogP contribution in [0, 0.1) is 12.8 Å². The molecule has 1 aromatic heterocycles. The minimum atomic E-state index is -1.18. The number of anilines is 1. The number of hydrogen-bond acceptors (Lipinski definition) is 6. The number of aryl methyl sites for hydroxylation is 1. The van der Waals surface area contributed by atoms with Gasteiger partial charge in [-0.3, -0.25) is 4.79 Å². The molecule has 1 atom stereocenters. The van der Waals surface area contributed by atoms with Gasteiger partial charge in [0.25, 0.3) is 0 Å². The smallest absolute Gasteiger partial charge is 0.408 e. The van der Waals surface area contributed by atoms with Crippen LogP contribution in [0.3, 0.4) is 0 Å². The van der Waals surface area contributed by atoms with Crippen molar-refractivity contribution in [2.24, 2.45) is 5.92 Å². The molecule has 1 aromatic carbocycles. The van der Waals surface area contributed by atoms with Crippen molar-refractivity contribution in [2.45, 2.75) is 111 Å². The van der Waals surface area contributed by atoms with Crippen molar-refractivity contribution < 1.29 is 23.8 Å². The summed E-state index contributed by atoms with van der Waals surface area (Å²) in [6.45, 7) is 17.9. The Labute approximate surface area is 246 Å². The predicted octanol–water partition coefficient (Wildman–Crippen LogP) is 6.98. The molecule has 1 aliphatic rings. The van der Waals surface area contributed by atoms with Crippen LogP contribution in [0.5, 0.6) is 5.88 Å². The Bertz CT molecular complexity index is 1140. The van der Waals surface area contributed by atoms with Crippen LogP contribution >= 0.6 is 0 Å². The number of aromatic nitrogens is 2. The van der Waals surface area contributed by atoms with Crippen LogP contribution in [0.15, 0.2) is 24.3 Å². The molecule has 1 heterocycles. The van der Waals surface area contributed by atoms with Crippen LogP contribution in [0.1, 0.15) is 65.5 Å². The normalized spacial score (nSPS) is 15.3. The van der Waals surface area contributed by atoms with Gasteiger partial charge < -0.3 is 24.8 Å². The molecule has 1 aliphatic carbocycles. The molecule has 0 aliphatic heterocycles. The van der Waals surface area contributed by atoms with Gasteiger partial charge in [0.15, 0.2) is 0 Å². The van der Waals surface area contributed by atoms with E-state index < -0.39 is 25.8 Å². The Morgan fingerprint density at radius 2 is 1.76 bits per heavy atom. The first-order chi connectivity index (χ1) is 19.3. The summed E-state index contributed by atoms with van der Waals surface area (Å²) in [6, 6.07) is 8.08. The van der Waals surface area contributed by atoms with Crippen molar-refractivity contribution in [3.8, 4) is 17.0 Å². The van der Waals surface area contributed by atoms with E-state index in [0.717, 1.165) is 55.0 Å². The number of nitrogens with zero attached hydrogens (tertiary/aromatic N) is 2. The van der Waals surface area contributed by atoms with Crippen molar-refractivity contribution in [3.05, 3.63) is 30.0 Å². The van der Waals surface area contributed by atoms with E-state index in [1.54, 1.807) is 4.68 Å². The number of amides is 2. The standard InChI is InChI=1S/C31H50N4O5Si/c1-9-39-29-26(22(2)34-35(29)21-38-19-20-41(6,7)8)23-15-17-25(18-16-23)32-28(36)27(24-13-11-10-12-14-24)33-30(37)40-31(3,4)5/h15-18,24,27H,9-14,19-21H2,1-8H3,(H,32,36)(H,33,37)/t27-/m0/s1. The van der Waals surface area contributed by atoms with Crippen LogP contribution in [0.4, 0.5) is 10.5 Å². The number of nitrogens with one attached hydrogen (secondary N) is 2. The Morgan fingerprint density at radius 1 is 1.10 bits per heavy atom. The molecule has 0 bridgehead atoms. The molecule has 1 fully saturated rings. The molecule has 0 saturated heterocycles. The molecule has 228 valence electrons. The highest BCUT2D eigenvalue weighted by molar-refractivity contribution is 6.76. The second-order valence-corrected chi connectivity index (χ2v) is 18.8. The Kier molecular flexibility index (Phi) is 11.4. The molecule has 2 amide bonds. The van der Waals surface area contributed by atoms with Gasteiger partial charge in [-0.1, -0.05) is 51.0 Å². The van der Waals surface area contributed by atoms with Gasteiger partial charge in [-0.25, -0.2) is 9.48 Å². The summed E-state index contributed by atoms with van der Waals surface area (Å²) in [4.78, 5) is 26.0. The monoisotopic (exact) mass is 586 g/mol. The molecule has 2 N–H and O–H groups in total. The maximum Gasteiger partial charge on any atom is 0.408 e. The summed E-state index contributed by atoms with van der Waals surface area (Å²) in [5.41, 5.74) is 2.71. The molecule has 10 heteroatoms. The van der Waals surface area contributed by atoms with E-state index in [-0.39, 0.29) is 11.8 Å². The van der Waals surface area contributed by atoms with Crippen molar-refractivity contribution in [3.63, 3.8) is 0 Å². The number of hydrogen-bond donors (Lipinski definition) is 2. The first-order valence-electron chi connectivity index (χ1n) is 15.0. The van der Waals surface area contributed by atoms with Gasteiger partial charge in [0.05, 0.1) is 17.9 Å². The lowest BCUT2D eigenvalue weighted by Crippen LogP contribution is -2.50. The second-order valence-electron chi connectivity index (χ2n) is 13.1. The van der Waals surface area contributed by atoms with Crippen LogP contribution in [0.25, 0.3) is 11.1 Å². The number of carbonyl (C=O) groups excluding carboxylic acids is 2. The van der Waals surface area contributed by atoms with Crippen LogP contribution in [0.2, 0.25) is 25.7 Å². The van der Waals surface area contributed by atoms with E-state index in [1.165, 1.54) is 0 Å². The number of ether oxygens (including phenoxy) is 3. The van der Waals surface area contributed by atoms with E-state index >= 15 is 0 Å². The third kappa shape index (κ3) is 10.2. The Morgan fingerprint density at radius 3 is 2.34 bits per heavy atom. The first-order valence-corrected chi connectivity index (χ1v) is 18.7. The minimum Gasteiger partial charge on any atom is -0.478 e. The highest BCUT2D eigenvalue weighted by atomic mass is 28.3. The fourth-order valence-corrected chi connectivity index (χ4v) is 5.79. The lowest BCUT2D eigenvalue weighted by atomic mass is 9.83. The van der Waals surface area contributed by atoms with Gasteiger partial charge in [-0.15, -0.1) is 0 Å². The summed E-state index contributed by atoms with van der Waals surface area (Å²) in [5.74, 6) is 0.518. The van der Waals surface area contributed by atoms with Gasteiger partial charge in [0, 0.05) is 20.4 Å². The SMILES string of the molecule is CCOc1c(-c2ccc(NC(=O)[C@@H](NC(=O)OC(C)(C)C)C3CCCCC3)cc2)c(C)nn1COCC[Si](C)(C)C. The molecule has 41 heavy (non-hydrogen) atoms. The van der Waals surface area contributed by atoms with Crippen LogP contribution in [-0.2, 0) is 21.0 Å². The second kappa shape index (κ2) is 14.4.